The molecular weight excluding hydrogens is 370 g/mol. The summed E-state index contributed by atoms with van der Waals surface area (Å²) in [5.74, 6) is -0.898. The molecule has 0 spiro atoms. The normalized spacial score (nSPS) is 16.9. The largest absolute Gasteiger partial charge is 0.489 e. The maximum absolute atomic E-state index is 12.9. The lowest BCUT2D eigenvalue weighted by Gasteiger charge is -2.16. The lowest BCUT2D eigenvalue weighted by molar-refractivity contribution is 0.0669. The fraction of sp³-hybridized carbons (Fsp3) is 0.316. The molecule has 27 heavy (non-hydrogen) atoms. The quantitative estimate of drug-likeness (QED) is 0.752. The maximum atomic E-state index is 12.9. The second-order valence-electron chi connectivity index (χ2n) is 6.39. The summed E-state index contributed by atoms with van der Waals surface area (Å²) in [5.41, 5.74) is 0.926. The standard InChI is InChI=1S/C19H21NO6S/c1-13-7-8-17(26-12-16-6-3-9-25-16)18(10-13)27(23,24)20-15-5-2-4-14(11-15)19(21)22/h2,4-5,7-8,10-11,16,20H,3,6,9,12H2,1H3,(H,21,22). The van der Waals surface area contributed by atoms with Gasteiger partial charge in [-0.15, -0.1) is 0 Å². The number of carboxylic acid groups (broad SMARTS) is 1. The molecule has 2 aromatic carbocycles. The molecule has 3 rings (SSSR count). The Kier molecular flexibility index (Phi) is 5.67. The van der Waals surface area contributed by atoms with Gasteiger partial charge in [-0.1, -0.05) is 12.1 Å². The Hall–Kier alpha value is -2.58. The molecule has 0 aliphatic carbocycles. The molecule has 2 aromatic rings. The van der Waals surface area contributed by atoms with E-state index in [4.69, 9.17) is 14.6 Å². The van der Waals surface area contributed by atoms with Crippen molar-refractivity contribution in [2.24, 2.45) is 0 Å². The van der Waals surface area contributed by atoms with Crippen molar-refractivity contribution >= 4 is 21.7 Å². The molecule has 1 saturated heterocycles. The van der Waals surface area contributed by atoms with E-state index in [0.29, 0.717) is 6.61 Å². The highest BCUT2D eigenvalue weighted by Crippen LogP contribution is 2.28. The average molecular weight is 391 g/mol. The Morgan fingerprint density at radius 2 is 2.11 bits per heavy atom. The number of carboxylic acids is 1. The van der Waals surface area contributed by atoms with Crippen LogP contribution in [0.1, 0.15) is 28.8 Å². The second-order valence-corrected chi connectivity index (χ2v) is 8.04. The van der Waals surface area contributed by atoms with Crippen molar-refractivity contribution in [2.75, 3.05) is 17.9 Å². The van der Waals surface area contributed by atoms with Crippen LogP contribution in [0.5, 0.6) is 5.75 Å². The van der Waals surface area contributed by atoms with Gasteiger partial charge in [-0.2, -0.15) is 0 Å². The fourth-order valence-corrected chi connectivity index (χ4v) is 4.11. The van der Waals surface area contributed by atoms with E-state index in [1.807, 2.05) is 0 Å². The smallest absolute Gasteiger partial charge is 0.335 e. The van der Waals surface area contributed by atoms with Crippen LogP contribution < -0.4 is 9.46 Å². The summed E-state index contributed by atoms with van der Waals surface area (Å²) in [6.45, 7) is 2.75. The molecule has 0 amide bonds. The van der Waals surface area contributed by atoms with E-state index >= 15 is 0 Å². The van der Waals surface area contributed by atoms with Crippen LogP contribution in [0.15, 0.2) is 47.4 Å². The average Bonchev–Trinajstić information content (AvgIpc) is 3.14. The number of benzene rings is 2. The van der Waals surface area contributed by atoms with Gasteiger partial charge in [-0.25, -0.2) is 13.2 Å². The van der Waals surface area contributed by atoms with Crippen LogP contribution in [-0.4, -0.2) is 38.8 Å². The van der Waals surface area contributed by atoms with Crippen LogP contribution in [0.25, 0.3) is 0 Å². The third-order valence-corrected chi connectivity index (χ3v) is 5.60. The van der Waals surface area contributed by atoms with Crippen LogP contribution in [0.4, 0.5) is 5.69 Å². The minimum Gasteiger partial charge on any atom is -0.489 e. The minimum absolute atomic E-state index is 0.00113. The molecule has 0 bridgehead atoms. The summed E-state index contributed by atoms with van der Waals surface area (Å²) in [4.78, 5) is 11.1. The monoisotopic (exact) mass is 391 g/mol. The van der Waals surface area contributed by atoms with Gasteiger partial charge in [0.1, 0.15) is 17.3 Å². The molecule has 144 valence electrons. The number of hydrogen-bond donors (Lipinski definition) is 2. The third-order valence-electron chi connectivity index (χ3n) is 4.20. The van der Waals surface area contributed by atoms with Crippen LogP contribution in [0.3, 0.4) is 0 Å². The Labute approximate surface area is 158 Å². The zero-order valence-electron chi connectivity index (χ0n) is 14.8. The zero-order chi connectivity index (χ0) is 19.4. The van der Waals surface area contributed by atoms with Crippen LogP contribution >= 0.6 is 0 Å². The summed E-state index contributed by atoms with van der Waals surface area (Å²) in [6.07, 6.45) is 1.81. The predicted molar refractivity (Wildman–Crippen MR) is 99.9 cm³/mol. The SMILES string of the molecule is Cc1ccc(OCC2CCCO2)c(S(=O)(=O)Nc2cccc(C(=O)O)c2)c1. The highest BCUT2D eigenvalue weighted by atomic mass is 32.2. The number of sulfonamides is 1. The number of carbonyl (C=O) groups is 1. The number of ether oxygens (including phenoxy) is 2. The van der Waals surface area contributed by atoms with Gasteiger partial charge in [0.05, 0.1) is 11.7 Å². The first-order valence-corrected chi connectivity index (χ1v) is 10.0. The van der Waals surface area contributed by atoms with Crippen molar-refractivity contribution in [3.05, 3.63) is 53.6 Å². The zero-order valence-corrected chi connectivity index (χ0v) is 15.7. The molecule has 2 N–H and O–H groups in total. The van der Waals surface area contributed by atoms with Gasteiger partial charge in [0, 0.05) is 12.3 Å². The molecule has 8 heteroatoms. The molecule has 1 heterocycles. The lowest BCUT2D eigenvalue weighted by atomic mass is 10.2. The van der Waals surface area contributed by atoms with E-state index in [0.717, 1.165) is 18.4 Å². The second kappa shape index (κ2) is 7.98. The van der Waals surface area contributed by atoms with Crippen LogP contribution in [0, 0.1) is 6.92 Å². The first-order valence-electron chi connectivity index (χ1n) is 8.56. The van der Waals surface area contributed by atoms with E-state index in [-0.39, 0.29) is 34.6 Å². The fourth-order valence-electron chi connectivity index (χ4n) is 2.83. The topological polar surface area (TPSA) is 102 Å². The Bertz CT molecular complexity index is 935. The summed E-state index contributed by atoms with van der Waals surface area (Å²) < 4.78 is 39.4. The number of hydrogen-bond acceptors (Lipinski definition) is 5. The molecule has 1 aliphatic heterocycles. The van der Waals surface area contributed by atoms with Crippen LogP contribution in [0.2, 0.25) is 0 Å². The summed E-state index contributed by atoms with van der Waals surface area (Å²) in [6, 6.07) is 10.5. The first-order chi connectivity index (χ1) is 12.8. The molecule has 0 saturated carbocycles. The highest BCUT2D eigenvalue weighted by molar-refractivity contribution is 7.92. The molecule has 0 aromatic heterocycles. The summed E-state index contributed by atoms with van der Waals surface area (Å²) in [7, 11) is -3.96. The Balaban J connectivity index is 1.85. The van der Waals surface area contributed by atoms with Crippen molar-refractivity contribution in [3.63, 3.8) is 0 Å². The van der Waals surface area contributed by atoms with Crippen molar-refractivity contribution in [1.29, 1.82) is 0 Å². The maximum Gasteiger partial charge on any atom is 0.335 e. The van der Waals surface area contributed by atoms with E-state index in [1.165, 1.54) is 30.3 Å². The van der Waals surface area contributed by atoms with E-state index in [9.17, 15) is 13.2 Å². The Morgan fingerprint density at radius 3 is 2.81 bits per heavy atom. The van der Waals surface area contributed by atoms with Crippen LogP contribution in [-0.2, 0) is 14.8 Å². The van der Waals surface area contributed by atoms with Crippen molar-refractivity contribution < 1.29 is 27.8 Å². The van der Waals surface area contributed by atoms with Gasteiger partial charge in [0.2, 0.25) is 0 Å². The van der Waals surface area contributed by atoms with E-state index in [2.05, 4.69) is 4.72 Å². The van der Waals surface area contributed by atoms with E-state index in [1.54, 1.807) is 19.1 Å². The molecular formula is C19H21NO6S. The van der Waals surface area contributed by atoms with Gasteiger partial charge in [-0.3, -0.25) is 4.72 Å². The van der Waals surface area contributed by atoms with Gasteiger partial charge in [-0.05, 0) is 55.7 Å². The number of nitrogens with one attached hydrogen (secondary N) is 1. The first kappa shape index (κ1) is 19.2. The van der Waals surface area contributed by atoms with Gasteiger partial charge in [0.25, 0.3) is 10.0 Å². The van der Waals surface area contributed by atoms with Crippen molar-refractivity contribution in [2.45, 2.75) is 30.8 Å². The Morgan fingerprint density at radius 1 is 1.30 bits per heavy atom. The molecule has 1 aliphatic rings. The number of rotatable bonds is 7. The van der Waals surface area contributed by atoms with Crippen molar-refractivity contribution in [3.8, 4) is 5.75 Å². The van der Waals surface area contributed by atoms with Gasteiger partial charge in [0.15, 0.2) is 0 Å². The molecule has 0 radical (unpaired) electrons. The van der Waals surface area contributed by atoms with Gasteiger partial charge < -0.3 is 14.6 Å². The molecule has 1 fully saturated rings. The number of aromatic carboxylic acids is 1. The van der Waals surface area contributed by atoms with Crippen molar-refractivity contribution in [1.82, 2.24) is 0 Å². The van der Waals surface area contributed by atoms with E-state index < -0.39 is 16.0 Å². The third kappa shape index (κ3) is 4.78. The summed E-state index contributed by atoms with van der Waals surface area (Å²) in [5, 5.41) is 9.07. The molecule has 1 unspecified atom stereocenters. The number of aryl methyl sites for hydroxylation is 1. The summed E-state index contributed by atoms with van der Waals surface area (Å²) >= 11 is 0. The lowest BCUT2D eigenvalue weighted by Crippen LogP contribution is -2.19. The molecule has 7 nitrogen and oxygen atoms in total. The molecule has 1 atom stereocenters. The number of anilines is 1. The minimum atomic E-state index is -3.96. The van der Waals surface area contributed by atoms with Gasteiger partial charge >= 0.3 is 5.97 Å². The highest BCUT2D eigenvalue weighted by Gasteiger charge is 2.23. The predicted octanol–water partition coefficient (Wildman–Crippen LogP) is 3.05.